The number of allylic oxidation sites excluding steroid dienone is 1. The molecule has 2 N–H and O–H groups in total. The van der Waals surface area contributed by atoms with Crippen LogP contribution in [0.5, 0.6) is 0 Å². The van der Waals surface area contributed by atoms with Crippen LogP contribution in [-0.4, -0.2) is 57.3 Å². The van der Waals surface area contributed by atoms with Crippen LogP contribution in [0.25, 0.3) is 0 Å². The number of rotatable bonds is 29. The summed E-state index contributed by atoms with van der Waals surface area (Å²) in [6.45, 7) is 7.30. The van der Waals surface area contributed by atoms with Gasteiger partial charge in [-0.25, -0.2) is 9.59 Å². The third-order valence-electron chi connectivity index (χ3n) is 8.81. The molecule has 0 spiro atoms. The van der Waals surface area contributed by atoms with Crippen LogP contribution >= 0.6 is 0 Å². The second-order valence-corrected chi connectivity index (χ2v) is 11.9. The van der Waals surface area contributed by atoms with Crippen LogP contribution in [0.4, 0.5) is 0 Å². The van der Waals surface area contributed by atoms with E-state index in [0.29, 0.717) is 0 Å². The fraction of sp³-hybridized carbons (Fsp3) is 0.853. The highest BCUT2D eigenvalue weighted by atomic mass is 16.4. The zero-order valence-corrected chi connectivity index (χ0v) is 26.9. The van der Waals surface area contributed by atoms with Gasteiger partial charge in [-0.2, -0.15) is 0 Å². The third-order valence-corrected chi connectivity index (χ3v) is 8.81. The first-order valence-corrected chi connectivity index (χ1v) is 16.9. The molecule has 0 saturated carbocycles. The number of nitrogens with zero attached hydrogens (tertiary/aromatic N) is 1. The Morgan fingerprint density at radius 3 is 1.20 bits per heavy atom. The summed E-state index contributed by atoms with van der Waals surface area (Å²) in [6, 6.07) is -3.52. The predicted molar refractivity (Wildman–Crippen MR) is 166 cm³/mol. The van der Waals surface area contributed by atoms with E-state index in [9.17, 15) is 29.7 Å². The number of unbranched alkanes of at least 4 members (excludes halogenated alkanes) is 17. The van der Waals surface area contributed by atoms with Crippen molar-refractivity contribution in [3.8, 4) is 0 Å². The van der Waals surface area contributed by atoms with Crippen molar-refractivity contribution in [2.24, 2.45) is 0 Å². The highest BCUT2D eigenvalue weighted by Gasteiger charge is 2.53. The molecule has 240 valence electrons. The number of aliphatic carboxylic acids is 3. The number of carboxylic acid groups (broad SMARTS) is 3. The van der Waals surface area contributed by atoms with Gasteiger partial charge in [0.15, 0.2) is 12.1 Å². The number of carboxylic acids is 3. The van der Waals surface area contributed by atoms with Crippen LogP contribution in [-0.2, 0) is 14.4 Å². The largest absolute Gasteiger partial charge is 0.544 e. The average Bonchev–Trinajstić information content (AvgIpc) is 2.92. The first kappa shape index (κ1) is 39.1. The first-order chi connectivity index (χ1) is 19.7. The Bertz CT molecular complexity index is 667. The van der Waals surface area contributed by atoms with Gasteiger partial charge in [-0.1, -0.05) is 137 Å². The van der Waals surface area contributed by atoms with Gasteiger partial charge in [0.2, 0.25) is 0 Å². The zero-order valence-electron chi connectivity index (χ0n) is 26.9. The number of hydrogen-bond acceptors (Lipinski definition) is 4. The van der Waals surface area contributed by atoms with Gasteiger partial charge >= 0.3 is 11.9 Å². The van der Waals surface area contributed by atoms with Crippen molar-refractivity contribution >= 4 is 17.9 Å². The van der Waals surface area contributed by atoms with Crippen LogP contribution < -0.4 is 5.11 Å². The summed E-state index contributed by atoms with van der Waals surface area (Å²) in [5.41, 5.74) is 0. The van der Waals surface area contributed by atoms with Crippen molar-refractivity contribution in [2.45, 2.75) is 181 Å². The molecular weight excluding hydrogens is 518 g/mol. The van der Waals surface area contributed by atoms with Crippen LogP contribution in [0.2, 0.25) is 0 Å². The van der Waals surface area contributed by atoms with E-state index in [1.165, 1.54) is 96.3 Å². The van der Waals surface area contributed by atoms with Gasteiger partial charge in [0.05, 0.1) is 12.5 Å². The van der Waals surface area contributed by atoms with Crippen molar-refractivity contribution < 1.29 is 34.2 Å². The fourth-order valence-electron chi connectivity index (χ4n) is 6.54. The smallest absolute Gasteiger partial charge is 0.362 e. The summed E-state index contributed by atoms with van der Waals surface area (Å²) in [5.74, 6) is -3.74. The molecule has 3 unspecified atom stereocenters. The van der Waals surface area contributed by atoms with Gasteiger partial charge < -0.3 is 20.1 Å². The van der Waals surface area contributed by atoms with E-state index in [1.54, 1.807) is 26.8 Å². The molecule has 0 fully saturated rings. The molecule has 0 rings (SSSR count). The van der Waals surface area contributed by atoms with E-state index < -0.39 is 40.5 Å². The van der Waals surface area contributed by atoms with Crippen LogP contribution in [0.3, 0.4) is 0 Å². The molecule has 3 atom stereocenters. The summed E-state index contributed by atoms with van der Waals surface area (Å²) in [7, 11) is 0. The van der Waals surface area contributed by atoms with E-state index in [0.717, 1.165) is 19.3 Å². The van der Waals surface area contributed by atoms with Crippen molar-refractivity contribution in [3.63, 3.8) is 0 Å². The molecule has 0 aromatic heterocycles. The predicted octanol–water partition coefficient (Wildman–Crippen LogP) is 7.66. The van der Waals surface area contributed by atoms with Gasteiger partial charge in [0.25, 0.3) is 0 Å². The summed E-state index contributed by atoms with van der Waals surface area (Å²) < 4.78 is -0.550. The molecule has 41 heavy (non-hydrogen) atoms. The molecule has 0 radical (unpaired) electrons. The second-order valence-electron chi connectivity index (χ2n) is 11.9. The number of carbonyl (C=O) groups excluding carboxylic acids is 1. The minimum absolute atomic E-state index is 0.0427. The van der Waals surface area contributed by atoms with E-state index >= 15 is 0 Å². The van der Waals surface area contributed by atoms with E-state index in [2.05, 4.69) is 6.92 Å². The Kier molecular flexibility index (Phi) is 23.5. The third kappa shape index (κ3) is 15.2. The average molecular weight is 582 g/mol. The molecule has 0 aliphatic carbocycles. The van der Waals surface area contributed by atoms with Gasteiger partial charge in [0.1, 0.15) is 6.04 Å². The number of carbonyl (C=O) groups is 3. The molecule has 0 aliphatic rings. The lowest BCUT2D eigenvalue weighted by Crippen LogP contribution is -2.73. The molecule has 0 saturated heterocycles. The van der Waals surface area contributed by atoms with Crippen molar-refractivity contribution in [2.75, 3.05) is 6.54 Å². The molecule has 7 nitrogen and oxygen atoms in total. The fourth-order valence-corrected chi connectivity index (χ4v) is 6.54. The first-order valence-electron chi connectivity index (χ1n) is 16.9. The lowest BCUT2D eigenvalue weighted by Gasteiger charge is -2.51. The molecule has 7 heteroatoms. The standard InChI is InChI=1S/C34H63NO6/c1-5-9-10-11-12-13-14-15-16-17-18-19-20-21-22-23-24-25-26-27-28-35(29(6-2)32(36)37,30(7-3)33(38)39)31(8-4)34(40)41/h26-27,29-31H,5-25,28H2,1-4H3,(H2-,36,37,38,39,40,41)/b27-26+. The molecule has 0 aromatic rings. The Labute approximate surface area is 251 Å². The van der Waals surface area contributed by atoms with Crippen molar-refractivity contribution in [3.05, 3.63) is 12.2 Å². The maximum Gasteiger partial charge on any atom is 0.362 e. The second kappa shape index (κ2) is 24.7. The molecule has 0 heterocycles. The van der Waals surface area contributed by atoms with E-state index in [4.69, 9.17) is 0 Å². The molecule has 0 bridgehead atoms. The quantitative estimate of drug-likeness (QED) is 0.0532. The van der Waals surface area contributed by atoms with Crippen LogP contribution in [0.15, 0.2) is 12.2 Å². The SMILES string of the molecule is CCCCCCCCCCCCCCCCCCC/C=C/C[N+](C(CC)C(=O)[O-])(C(CC)C(=O)O)C(CC)C(=O)O. The van der Waals surface area contributed by atoms with E-state index in [1.807, 2.05) is 6.08 Å². The Morgan fingerprint density at radius 2 is 0.902 bits per heavy atom. The van der Waals surface area contributed by atoms with Crippen LogP contribution in [0.1, 0.15) is 163 Å². The van der Waals surface area contributed by atoms with Crippen molar-refractivity contribution in [1.29, 1.82) is 0 Å². The Morgan fingerprint density at radius 1 is 0.561 bits per heavy atom. The Hall–Kier alpha value is -1.89. The topological polar surface area (TPSA) is 115 Å². The van der Waals surface area contributed by atoms with E-state index in [-0.39, 0.29) is 25.8 Å². The lowest BCUT2D eigenvalue weighted by molar-refractivity contribution is -0.969. The lowest BCUT2D eigenvalue weighted by atomic mass is 9.94. The van der Waals surface area contributed by atoms with Gasteiger partial charge in [-0.15, -0.1) is 0 Å². The maximum absolute atomic E-state index is 12.2. The summed E-state index contributed by atoms with van der Waals surface area (Å²) in [6.07, 6.45) is 27.3. The highest BCUT2D eigenvalue weighted by molar-refractivity contribution is 5.77. The van der Waals surface area contributed by atoms with Gasteiger partial charge in [-0.05, 0) is 18.9 Å². The summed E-state index contributed by atoms with van der Waals surface area (Å²) >= 11 is 0. The Balaban J connectivity index is 4.50. The minimum Gasteiger partial charge on any atom is -0.544 e. The molecule has 0 amide bonds. The summed E-state index contributed by atoms with van der Waals surface area (Å²) in [5, 5.41) is 32.1. The number of quaternary nitrogens is 1. The van der Waals surface area contributed by atoms with Gasteiger partial charge in [0, 0.05) is 19.3 Å². The molecule has 0 aromatic carbocycles. The summed E-state index contributed by atoms with van der Waals surface area (Å²) in [4.78, 5) is 36.6. The van der Waals surface area contributed by atoms with Gasteiger partial charge in [-0.3, -0.25) is 4.48 Å². The number of hydrogen-bond donors (Lipinski definition) is 2. The maximum atomic E-state index is 12.2. The highest BCUT2D eigenvalue weighted by Crippen LogP contribution is 2.31. The van der Waals surface area contributed by atoms with Crippen molar-refractivity contribution in [1.82, 2.24) is 0 Å². The molecule has 0 aliphatic heterocycles. The molecular formula is C34H63NO6. The zero-order chi connectivity index (χ0) is 30.9. The normalized spacial score (nSPS) is 15.4. The monoisotopic (exact) mass is 581 g/mol. The van der Waals surface area contributed by atoms with Crippen LogP contribution in [0, 0.1) is 0 Å². The minimum atomic E-state index is -1.39.